The van der Waals surface area contributed by atoms with Crippen molar-refractivity contribution in [2.45, 2.75) is 121 Å². The molecule has 2 rings (SSSR count). The van der Waals surface area contributed by atoms with Crippen LogP contribution in [0.3, 0.4) is 0 Å². The van der Waals surface area contributed by atoms with E-state index < -0.39 is 47.7 Å². The molecule has 10 atom stereocenters. The highest BCUT2D eigenvalue weighted by Crippen LogP contribution is 2.37. The molecule has 2 heterocycles. The van der Waals surface area contributed by atoms with Crippen molar-refractivity contribution < 1.29 is 43.9 Å². The lowest BCUT2D eigenvalue weighted by Gasteiger charge is -2.36. The van der Waals surface area contributed by atoms with E-state index in [2.05, 4.69) is 0 Å². The van der Waals surface area contributed by atoms with Gasteiger partial charge >= 0.3 is 12.1 Å². The SMILES string of the molecule is CC[C@@H](O)[C@@H](C)[C@H]1O[C@@H]1C[C@](C)(O)/C=C/C=C(\C)[C@H]1OC(=O)C[C@@H](O)CC[C@](C)(OC)[C@@H](OC(=O)N(C)CCN(C)C)/C=C\[C@@H]1C. The van der Waals surface area contributed by atoms with Crippen LogP contribution >= 0.6 is 0 Å². The number of cyclic esters (lactones) is 1. The van der Waals surface area contributed by atoms with E-state index in [1.165, 1.54) is 4.90 Å². The van der Waals surface area contributed by atoms with Crippen LogP contribution in [0.15, 0.2) is 36.0 Å². The molecule has 11 heteroatoms. The van der Waals surface area contributed by atoms with Crippen molar-refractivity contribution in [3.05, 3.63) is 36.0 Å². The van der Waals surface area contributed by atoms with E-state index in [-0.39, 0.29) is 36.9 Å². The fourth-order valence-corrected chi connectivity index (χ4v) is 5.65. The van der Waals surface area contributed by atoms with Crippen LogP contribution in [0.4, 0.5) is 4.79 Å². The third-order valence-electron chi connectivity index (χ3n) is 9.23. The van der Waals surface area contributed by atoms with E-state index >= 15 is 0 Å². The van der Waals surface area contributed by atoms with Gasteiger partial charge in [0.15, 0.2) is 6.10 Å². The maximum atomic E-state index is 13.0. The van der Waals surface area contributed by atoms with Gasteiger partial charge in [-0.3, -0.25) is 4.79 Å². The molecule has 1 fully saturated rings. The summed E-state index contributed by atoms with van der Waals surface area (Å²) >= 11 is 0. The number of allylic oxidation sites excluding steroid dienone is 2. The summed E-state index contributed by atoms with van der Waals surface area (Å²) < 4.78 is 23.5. The van der Waals surface area contributed by atoms with Crippen molar-refractivity contribution in [1.82, 2.24) is 9.80 Å². The Bertz CT molecular complexity index is 1070. The summed E-state index contributed by atoms with van der Waals surface area (Å²) in [7, 11) is 7.09. The molecular formula is C35H60N2O9. The molecule has 0 bridgehead atoms. The number of methoxy groups -OCH3 is 1. The molecule has 0 spiro atoms. The van der Waals surface area contributed by atoms with Crippen LogP contribution in [-0.2, 0) is 23.7 Å². The van der Waals surface area contributed by atoms with Gasteiger partial charge in [0.1, 0.15) is 11.7 Å². The first-order valence-corrected chi connectivity index (χ1v) is 16.5. The van der Waals surface area contributed by atoms with Gasteiger partial charge in [0.2, 0.25) is 0 Å². The number of hydrogen-bond donors (Lipinski definition) is 3. The van der Waals surface area contributed by atoms with Crippen LogP contribution in [0.5, 0.6) is 0 Å². The van der Waals surface area contributed by atoms with Crippen LogP contribution in [0.2, 0.25) is 0 Å². The van der Waals surface area contributed by atoms with Gasteiger partial charge in [0.25, 0.3) is 0 Å². The minimum absolute atomic E-state index is 0.00498. The molecule has 264 valence electrons. The second-order valence-corrected chi connectivity index (χ2v) is 13.9. The largest absolute Gasteiger partial charge is 0.457 e. The van der Waals surface area contributed by atoms with E-state index in [0.717, 1.165) is 5.57 Å². The molecule has 3 N–H and O–H groups in total. The molecule has 0 aromatic rings. The van der Waals surface area contributed by atoms with Gasteiger partial charge in [-0.25, -0.2) is 4.79 Å². The molecule has 0 unspecified atom stereocenters. The number of amides is 1. The number of aliphatic hydroxyl groups excluding tert-OH is 2. The Labute approximate surface area is 276 Å². The van der Waals surface area contributed by atoms with Crippen LogP contribution in [0.25, 0.3) is 0 Å². The molecule has 1 amide bonds. The number of esters is 1. The van der Waals surface area contributed by atoms with E-state index in [4.69, 9.17) is 18.9 Å². The minimum Gasteiger partial charge on any atom is -0.457 e. The molecule has 0 radical (unpaired) electrons. The average Bonchev–Trinajstić information content (AvgIpc) is 3.75. The summed E-state index contributed by atoms with van der Waals surface area (Å²) in [4.78, 5) is 29.4. The van der Waals surface area contributed by atoms with E-state index in [9.17, 15) is 24.9 Å². The lowest BCUT2D eigenvalue weighted by molar-refractivity contribution is -0.151. The minimum atomic E-state index is -1.15. The Hall–Kier alpha value is -2.28. The second kappa shape index (κ2) is 17.8. The Morgan fingerprint density at radius 2 is 1.93 bits per heavy atom. The Balaban J connectivity index is 2.26. The van der Waals surface area contributed by atoms with E-state index in [1.54, 1.807) is 45.4 Å². The molecule has 11 nitrogen and oxygen atoms in total. The van der Waals surface area contributed by atoms with Crippen LogP contribution < -0.4 is 0 Å². The lowest BCUT2D eigenvalue weighted by atomic mass is 9.88. The molecule has 2 aliphatic heterocycles. The quantitative estimate of drug-likeness (QED) is 0.116. The van der Waals surface area contributed by atoms with E-state index in [0.29, 0.717) is 32.4 Å². The summed E-state index contributed by atoms with van der Waals surface area (Å²) in [5.41, 5.74) is -1.37. The molecule has 0 aromatic heterocycles. The first-order valence-electron chi connectivity index (χ1n) is 16.5. The fourth-order valence-electron chi connectivity index (χ4n) is 5.65. The normalized spacial score (nSPS) is 32.9. The van der Waals surface area contributed by atoms with Crippen molar-refractivity contribution in [1.29, 1.82) is 0 Å². The van der Waals surface area contributed by atoms with Gasteiger partial charge in [0.05, 0.1) is 36.4 Å². The van der Waals surface area contributed by atoms with Gasteiger partial charge in [-0.1, -0.05) is 45.1 Å². The van der Waals surface area contributed by atoms with Gasteiger partial charge in [-0.15, -0.1) is 0 Å². The standard InChI is InChI=1S/C35H60N2O9/c1-11-27(39)25(4)32-28(44-32)22-34(5,42)17-12-13-23(2)31-24(3)14-15-29(45-33(41)37(9)20-19-36(7)8)35(6,43-10)18-16-26(38)21-30(40)46-31/h12-15,17,24-29,31-32,38-39,42H,11,16,18-22H2,1-10H3/b15-14-,17-12+,23-13+/t24-,25+,26-,27+,28+,29-,31+,32+,34+,35-/m0/s1. The molecule has 1 saturated heterocycles. The number of rotatable bonds is 13. The summed E-state index contributed by atoms with van der Waals surface area (Å²) in [6, 6.07) is 0. The number of ether oxygens (including phenoxy) is 4. The zero-order valence-corrected chi connectivity index (χ0v) is 29.6. The number of aliphatic hydroxyl groups is 3. The van der Waals surface area contributed by atoms with Crippen molar-refractivity contribution >= 4 is 12.1 Å². The second-order valence-electron chi connectivity index (χ2n) is 13.9. The number of epoxide rings is 1. The molecule has 0 aliphatic carbocycles. The fraction of sp³-hybridized carbons (Fsp3) is 0.771. The highest BCUT2D eigenvalue weighted by Gasteiger charge is 2.47. The Morgan fingerprint density at radius 3 is 2.54 bits per heavy atom. The zero-order chi connectivity index (χ0) is 34.8. The molecule has 46 heavy (non-hydrogen) atoms. The third-order valence-corrected chi connectivity index (χ3v) is 9.23. The molecular weight excluding hydrogens is 592 g/mol. The summed E-state index contributed by atoms with van der Waals surface area (Å²) in [5, 5.41) is 31.8. The van der Waals surface area contributed by atoms with Crippen molar-refractivity contribution in [3.8, 4) is 0 Å². The van der Waals surface area contributed by atoms with Gasteiger partial charge < -0.3 is 44.1 Å². The highest BCUT2D eigenvalue weighted by atomic mass is 16.6. The maximum absolute atomic E-state index is 13.0. The predicted molar refractivity (Wildman–Crippen MR) is 177 cm³/mol. The van der Waals surface area contributed by atoms with Gasteiger partial charge in [-0.2, -0.15) is 0 Å². The molecule has 2 aliphatic rings. The molecule has 0 saturated carbocycles. The van der Waals surface area contributed by atoms with E-state index in [1.807, 2.05) is 59.7 Å². The summed E-state index contributed by atoms with van der Waals surface area (Å²) in [6.07, 6.45) is 6.75. The zero-order valence-electron chi connectivity index (χ0n) is 29.6. The topological polar surface area (TPSA) is 142 Å². The third kappa shape index (κ3) is 12.4. The molecule has 0 aromatic carbocycles. The van der Waals surface area contributed by atoms with Gasteiger partial charge in [0, 0.05) is 45.5 Å². The summed E-state index contributed by atoms with van der Waals surface area (Å²) in [5.74, 6) is -0.854. The van der Waals surface area contributed by atoms with Crippen molar-refractivity contribution in [3.63, 3.8) is 0 Å². The van der Waals surface area contributed by atoms with Crippen molar-refractivity contribution in [2.75, 3.05) is 41.3 Å². The highest BCUT2D eigenvalue weighted by molar-refractivity contribution is 5.70. The first-order chi connectivity index (χ1) is 21.4. The number of hydrogen-bond acceptors (Lipinski definition) is 10. The van der Waals surface area contributed by atoms with Crippen LogP contribution in [0, 0.1) is 11.8 Å². The van der Waals surface area contributed by atoms with Crippen LogP contribution in [0.1, 0.15) is 73.6 Å². The van der Waals surface area contributed by atoms with Crippen molar-refractivity contribution in [2.24, 2.45) is 11.8 Å². The van der Waals surface area contributed by atoms with Crippen LogP contribution in [-0.4, -0.2) is 126 Å². The smallest absolute Gasteiger partial charge is 0.410 e. The maximum Gasteiger partial charge on any atom is 0.410 e. The predicted octanol–water partition coefficient (Wildman–Crippen LogP) is 3.86. The Kier molecular flexibility index (Phi) is 15.4. The monoisotopic (exact) mass is 652 g/mol. The number of carbonyl (C=O) groups is 2. The van der Waals surface area contributed by atoms with Gasteiger partial charge in [-0.05, 0) is 65.8 Å². The average molecular weight is 653 g/mol. The lowest BCUT2D eigenvalue weighted by Crippen LogP contribution is -2.46. The first kappa shape index (κ1) is 39.9. The number of likely N-dealkylation sites (N-methyl/N-ethyl adjacent to an activating group) is 2. The Morgan fingerprint density at radius 1 is 1.26 bits per heavy atom. The summed E-state index contributed by atoms with van der Waals surface area (Å²) in [6.45, 7) is 12.3. The number of carbonyl (C=O) groups excluding carboxylic acids is 2. The number of nitrogens with zero attached hydrogens (tertiary/aromatic N) is 2.